The molecule has 0 saturated carbocycles. The minimum absolute atomic E-state index is 0. The van der Waals surface area contributed by atoms with Crippen molar-refractivity contribution in [3.8, 4) is 0 Å². The Morgan fingerprint density at radius 2 is 2.12 bits per heavy atom. The fourth-order valence-corrected chi connectivity index (χ4v) is 2.88. The van der Waals surface area contributed by atoms with E-state index < -0.39 is 0 Å². The van der Waals surface area contributed by atoms with E-state index in [4.69, 9.17) is 4.74 Å². The van der Waals surface area contributed by atoms with E-state index in [-0.39, 0.29) is 36.0 Å². The van der Waals surface area contributed by atoms with Gasteiger partial charge in [0.1, 0.15) is 6.10 Å². The number of benzene rings is 1. The van der Waals surface area contributed by atoms with Gasteiger partial charge >= 0.3 is 0 Å². The quantitative estimate of drug-likeness (QED) is 0.405. The average molecular weight is 474 g/mol. The Kier molecular flexibility index (Phi) is 9.93. The highest BCUT2D eigenvalue weighted by Crippen LogP contribution is 2.24. The molecule has 6 nitrogen and oxygen atoms in total. The Balaban J connectivity index is 0.00000338. The molecule has 7 heteroatoms. The summed E-state index contributed by atoms with van der Waals surface area (Å²) in [6, 6.07) is 8.34. The number of carbonyl (C=O) groups excluding carboxylic acids is 1. The molecule has 0 aliphatic carbocycles. The standard InChI is InChI=1S/C19H30N4O2.HI/c1-5-20-19(21-11-10-18(24)22(3)4)23-12-13-25-17(14-23)16-9-7-6-8-15(16)2;/h6-9,17H,5,10-14H2,1-4H3,(H,20,21);1H. The van der Waals surface area contributed by atoms with Crippen LogP contribution in [0.3, 0.4) is 0 Å². The van der Waals surface area contributed by atoms with Gasteiger partial charge in [0.25, 0.3) is 0 Å². The van der Waals surface area contributed by atoms with Crippen LogP contribution in [0.15, 0.2) is 29.3 Å². The lowest BCUT2D eigenvalue weighted by molar-refractivity contribution is -0.128. The van der Waals surface area contributed by atoms with Crippen molar-refractivity contribution in [3.05, 3.63) is 35.4 Å². The van der Waals surface area contributed by atoms with Crippen LogP contribution in [0, 0.1) is 6.92 Å². The third kappa shape index (κ3) is 6.42. The minimum atomic E-state index is 0. The van der Waals surface area contributed by atoms with E-state index in [0.29, 0.717) is 19.6 Å². The van der Waals surface area contributed by atoms with Crippen LogP contribution in [-0.2, 0) is 9.53 Å². The zero-order valence-electron chi connectivity index (χ0n) is 16.2. The summed E-state index contributed by atoms with van der Waals surface area (Å²) in [4.78, 5) is 20.2. The predicted octanol–water partition coefficient (Wildman–Crippen LogP) is 2.43. The predicted molar refractivity (Wildman–Crippen MR) is 116 cm³/mol. The lowest BCUT2D eigenvalue weighted by Crippen LogP contribution is -2.48. The van der Waals surface area contributed by atoms with Crippen molar-refractivity contribution in [2.75, 3.05) is 46.9 Å². The van der Waals surface area contributed by atoms with Gasteiger partial charge < -0.3 is 19.9 Å². The molecule has 1 amide bonds. The summed E-state index contributed by atoms with van der Waals surface area (Å²) in [5.74, 6) is 0.954. The minimum Gasteiger partial charge on any atom is -0.370 e. The van der Waals surface area contributed by atoms with E-state index in [1.165, 1.54) is 11.1 Å². The molecule has 0 radical (unpaired) electrons. The first-order valence-electron chi connectivity index (χ1n) is 8.93. The number of nitrogens with one attached hydrogen (secondary N) is 1. The molecule has 1 atom stereocenters. The molecule has 146 valence electrons. The average Bonchev–Trinajstić information content (AvgIpc) is 2.61. The highest BCUT2D eigenvalue weighted by Gasteiger charge is 2.25. The first-order valence-corrected chi connectivity index (χ1v) is 8.93. The van der Waals surface area contributed by atoms with Crippen molar-refractivity contribution in [2.45, 2.75) is 26.4 Å². The van der Waals surface area contributed by atoms with Gasteiger partial charge in [0.05, 0.1) is 19.7 Å². The summed E-state index contributed by atoms with van der Waals surface area (Å²) < 4.78 is 5.99. The molecular formula is C19H31IN4O2. The van der Waals surface area contributed by atoms with Crippen LogP contribution >= 0.6 is 24.0 Å². The molecule has 2 rings (SSSR count). The number of nitrogens with zero attached hydrogens (tertiary/aromatic N) is 3. The van der Waals surface area contributed by atoms with Crippen molar-refractivity contribution in [2.24, 2.45) is 4.99 Å². The normalized spacial score (nSPS) is 17.5. The number of carbonyl (C=O) groups is 1. The van der Waals surface area contributed by atoms with E-state index in [1.54, 1.807) is 19.0 Å². The maximum absolute atomic E-state index is 11.7. The molecular weight excluding hydrogens is 443 g/mol. The topological polar surface area (TPSA) is 57.2 Å². The zero-order chi connectivity index (χ0) is 18.2. The summed E-state index contributed by atoms with van der Waals surface area (Å²) >= 11 is 0. The van der Waals surface area contributed by atoms with E-state index in [1.807, 2.05) is 6.07 Å². The number of ether oxygens (including phenoxy) is 1. The summed E-state index contributed by atoms with van der Waals surface area (Å²) in [7, 11) is 3.54. The second-order valence-corrected chi connectivity index (χ2v) is 6.44. The SMILES string of the molecule is CCNC(=NCCC(=O)N(C)C)N1CCOC(c2ccccc2C)C1.I. The number of morpholine rings is 1. The van der Waals surface area contributed by atoms with Gasteiger partial charge in [0.2, 0.25) is 5.91 Å². The molecule has 0 aromatic heterocycles. The van der Waals surface area contributed by atoms with Gasteiger partial charge in [-0.15, -0.1) is 24.0 Å². The van der Waals surface area contributed by atoms with Crippen LogP contribution < -0.4 is 5.32 Å². The molecule has 1 aromatic carbocycles. The van der Waals surface area contributed by atoms with Crippen LogP contribution in [0.25, 0.3) is 0 Å². The van der Waals surface area contributed by atoms with Crippen LogP contribution in [-0.4, -0.2) is 68.5 Å². The highest BCUT2D eigenvalue weighted by molar-refractivity contribution is 14.0. The fraction of sp³-hybridized carbons (Fsp3) is 0.579. The summed E-state index contributed by atoms with van der Waals surface area (Å²) in [6.07, 6.45) is 0.468. The van der Waals surface area contributed by atoms with E-state index >= 15 is 0 Å². The highest BCUT2D eigenvalue weighted by atomic mass is 127. The third-order valence-corrected chi connectivity index (χ3v) is 4.32. The van der Waals surface area contributed by atoms with Crippen molar-refractivity contribution < 1.29 is 9.53 Å². The smallest absolute Gasteiger partial charge is 0.223 e. The van der Waals surface area contributed by atoms with E-state index in [2.05, 4.69) is 47.3 Å². The van der Waals surface area contributed by atoms with E-state index in [0.717, 1.165) is 25.6 Å². The largest absolute Gasteiger partial charge is 0.370 e. The molecule has 1 unspecified atom stereocenters. The number of halogens is 1. The molecule has 0 spiro atoms. The monoisotopic (exact) mass is 474 g/mol. The van der Waals surface area contributed by atoms with Gasteiger partial charge in [-0.3, -0.25) is 9.79 Å². The first kappa shape index (κ1) is 22.7. The van der Waals surface area contributed by atoms with Gasteiger partial charge in [-0.05, 0) is 25.0 Å². The van der Waals surface area contributed by atoms with Gasteiger partial charge in [-0.1, -0.05) is 24.3 Å². The number of hydrogen-bond donors (Lipinski definition) is 1. The number of amides is 1. The Labute approximate surface area is 174 Å². The molecule has 1 aliphatic heterocycles. The molecule has 1 aliphatic rings. The lowest BCUT2D eigenvalue weighted by Gasteiger charge is -2.35. The maximum atomic E-state index is 11.7. The summed E-state index contributed by atoms with van der Waals surface area (Å²) in [5, 5.41) is 3.34. The van der Waals surface area contributed by atoms with Gasteiger partial charge in [-0.2, -0.15) is 0 Å². The second kappa shape index (κ2) is 11.4. The summed E-state index contributed by atoms with van der Waals surface area (Å²) in [6.45, 7) is 7.69. The first-order chi connectivity index (χ1) is 12.0. The molecule has 1 saturated heterocycles. The van der Waals surface area contributed by atoms with Crippen molar-refractivity contribution >= 4 is 35.8 Å². The van der Waals surface area contributed by atoms with Gasteiger partial charge in [0, 0.05) is 33.6 Å². The number of aliphatic imine (C=N–C) groups is 1. The van der Waals surface area contributed by atoms with Crippen LogP contribution in [0.2, 0.25) is 0 Å². The number of aryl methyl sites for hydroxylation is 1. The van der Waals surface area contributed by atoms with Crippen LogP contribution in [0.1, 0.15) is 30.6 Å². The van der Waals surface area contributed by atoms with Gasteiger partial charge in [0.15, 0.2) is 5.96 Å². The number of rotatable bonds is 5. The Bertz CT molecular complexity index is 607. The molecule has 1 N–H and O–H groups in total. The van der Waals surface area contributed by atoms with Crippen LogP contribution in [0.4, 0.5) is 0 Å². The Morgan fingerprint density at radius 1 is 1.38 bits per heavy atom. The van der Waals surface area contributed by atoms with Crippen LogP contribution in [0.5, 0.6) is 0 Å². The molecule has 1 aromatic rings. The number of hydrogen-bond acceptors (Lipinski definition) is 3. The van der Waals surface area contributed by atoms with Crippen molar-refractivity contribution in [1.82, 2.24) is 15.1 Å². The molecule has 1 fully saturated rings. The van der Waals surface area contributed by atoms with Gasteiger partial charge in [-0.25, -0.2) is 0 Å². The zero-order valence-corrected chi connectivity index (χ0v) is 18.5. The van der Waals surface area contributed by atoms with Crippen molar-refractivity contribution in [3.63, 3.8) is 0 Å². The molecule has 26 heavy (non-hydrogen) atoms. The van der Waals surface area contributed by atoms with E-state index in [9.17, 15) is 4.79 Å². The third-order valence-electron chi connectivity index (χ3n) is 4.32. The van der Waals surface area contributed by atoms with Crippen molar-refractivity contribution in [1.29, 1.82) is 0 Å². The molecule has 0 bridgehead atoms. The molecule has 1 heterocycles. The maximum Gasteiger partial charge on any atom is 0.223 e. The number of guanidine groups is 1. The Morgan fingerprint density at radius 3 is 2.77 bits per heavy atom. The Hall–Kier alpha value is -1.35. The summed E-state index contributed by atoms with van der Waals surface area (Å²) in [5.41, 5.74) is 2.47. The second-order valence-electron chi connectivity index (χ2n) is 6.44. The fourth-order valence-electron chi connectivity index (χ4n) is 2.88. The lowest BCUT2D eigenvalue weighted by atomic mass is 10.0.